The Bertz CT molecular complexity index is 608. The molecular weight excluding hydrogens is 324 g/mol. The Morgan fingerprint density at radius 2 is 1.64 bits per heavy atom. The number of nitrogens with one attached hydrogen (secondary N) is 4. The van der Waals surface area contributed by atoms with E-state index < -0.39 is 23.5 Å². The van der Waals surface area contributed by atoms with Crippen molar-refractivity contribution in [3.63, 3.8) is 0 Å². The van der Waals surface area contributed by atoms with Crippen LogP contribution in [-0.4, -0.2) is 43.1 Å². The van der Waals surface area contributed by atoms with Crippen molar-refractivity contribution < 1.29 is 19.1 Å². The van der Waals surface area contributed by atoms with Gasteiger partial charge in [-0.15, -0.1) is 0 Å². The fourth-order valence-electron chi connectivity index (χ4n) is 1.89. The molecule has 1 rings (SSSR count). The minimum Gasteiger partial charge on any atom is -0.375 e. The second-order valence-electron chi connectivity index (χ2n) is 6.62. The van der Waals surface area contributed by atoms with Crippen LogP contribution >= 0.6 is 0 Å². The van der Waals surface area contributed by atoms with Crippen LogP contribution in [0.15, 0.2) is 24.3 Å². The fraction of sp³-hybridized carbons (Fsp3) is 0.471. The molecule has 1 atom stereocenters. The molecule has 1 aromatic carbocycles. The van der Waals surface area contributed by atoms with Gasteiger partial charge in [-0.3, -0.25) is 14.9 Å². The van der Waals surface area contributed by atoms with E-state index in [4.69, 9.17) is 4.74 Å². The lowest BCUT2D eigenvalue weighted by molar-refractivity contribution is -0.120. The minimum atomic E-state index is -0.611. The molecule has 0 bridgehead atoms. The van der Waals surface area contributed by atoms with Gasteiger partial charge in [0.15, 0.2) is 0 Å². The second kappa shape index (κ2) is 9.03. The van der Waals surface area contributed by atoms with E-state index in [0.29, 0.717) is 11.4 Å². The molecule has 0 aromatic heterocycles. The summed E-state index contributed by atoms with van der Waals surface area (Å²) < 4.78 is 4.74. The Hall–Kier alpha value is -2.61. The van der Waals surface area contributed by atoms with Gasteiger partial charge in [-0.05, 0) is 52.0 Å². The molecule has 8 nitrogen and oxygen atoms in total. The molecule has 4 amide bonds. The third kappa shape index (κ3) is 8.16. The van der Waals surface area contributed by atoms with Gasteiger partial charge in [-0.2, -0.15) is 0 Å². The lowest BCUT2D eigenvalue weighted by Gasteiger charge is -2.21. The van der Waals surface area contributed by atoms with Gasteiger partial charge in [0.1, 0.15) is 12.6 Å². The van der Waals surface area contributed by atoms with Crippen molar-refractivity contribution in [2.24, 2.45) is 0 Å². The van der Waals surface area contributed by atoms with Gasteiger partial charge in [0.05, 0.1) is 0 Å². The van der Waals surface area contributed by atoms with Crippen molar-refractivity contribution in [2.45, 2.75) is 39.3 Å². The number of anilines is 2. The summed E-state index contributed by atoms with van der Waals surface area (Å²) in [6.07, 6.45) is 0. The SMILES string of the molecule is COCC(=O)Nc1ccc(NC(C)C(=O)NC(=O)NC(C)(C)C)cc1. The Kier molecular flexibility index (Phi) is 7.38. The third-order valence-corrected chi connectivity index (χ3v) is 2.95. The molecule has 0 spiro atoms. The van der Waals surface area contributed by atoms with Crippen molar-refractivity contribution >= 4 is 29.2 Å². The molecule has 1 unspecified atom stereocenters. The Labute approximate surface area is 147 Å². The molecule has 0 heterocycles. The molecular formula is C17H26N4O4. The summed E-state index contributed by atoms with van der Waals surface area (Å²) in [5, 5.41) is 10.6. The standard InChI is InChI=1S/C17H26N4O4/c1-11(15(23)20-16(24)21-17(2,3)4)18-12-6-8-13(9-7-12)19-14(22)10-25-5/h6-9,11,18H,10H2,1-5H3,(H,19,22)(H2,20,21,23,24). The van der Waals surface area contributed by atoms with Crippen molar-refractivity contribution in [2.75, 3.05) is 24.4 Å². The molecule has 1 aromatic rings. The topological polar surface area (TPSA) is 109 Å². The molecule has 25 heavy (non-hydrogen) atoms. The van der Waals surface area contributed by atoms with Crippen LogP contribution in [0.3, 0.4) is 0 Å². The molecule has 4 N–H and O–H groups in total. The Balaban J connectivity index is 2.53. The van der Waals surface area contributed by atoms with Crippen molar-refractivity contribution in [3.05, 3.63) is 24.3 Å². The smallest absolute Gasteiger partial charge is 0.321 e. The number of carbonyl (C=O) groups excluding carboxylic acids is 3. The predicted octanol–water partition coefficient (Wildman–Crippen LogP) is 1.70. The molecule has 0 radical (unpaired) electrons. The van der Waals surface area contributed by atoms with Gasteiger partial charge >= 0.3 is 6.03 Å². The molecule has 0 fully saturated rings. The largest absolute Gasteiger partial charge is 0.375 e. The highest BCUT2D eigenvalue weighted by molar-refractivity contribution is 5.98. The highest BCUT2D eigenvalue weighted by atomic mass is 16.5. The van der Waals surface area contributed by atoms with Gasteiger partial charge in [0, 0.05) is 24.0 Å². The van der Waals surface area contributed by atoms with E-state index in [-0.39, 0.29) is 12.5 Å². The molecule has 0 aliphatic carbocycles. The predicted molar refractivity (Wildman–Crippen MR) is 96.5 cm³/mol. The van der Waals surface area contributed by atoms with E-state index in [9.17, 15) is 14.4 Å². The maximum atomic E-state index is 12.0. The summed E-state index contributed by atoms with van der Waals surface area (Å²) in [6, 6.07) is 5.70. The highest BCUT2D eigenvalue weighted by Gasteiger charge is 2.19. The average Bonchev–Trinajstić information content (AvgIpc) is 2.47. The fourth-order valence-corrected chi connectivity index (χ4v) is 1.89. The van der Waals surface area contributed by atoms with Crippen LogP contribution in [0, 0.1) is 0 Å². The monoisotopic (exact) mass is 350 g/mol. The molecule has 0 aliphatic rings. The van der Waals surface area contributed by atoms with E-state index in [2.05, 4.69) is 21.3 Å². The summed E-state index contributed by atoms with van der Waals surface area (Å²) in [7, 11) is 1.45. The summed E-state index contributed by atoms with van der Waals surface area (Å²) in [5.41, 5.74) is 0.877. The summed E-state index contributed by atoms with van der Waals surface area (Å²) >= 11 is 0. The number of carbonyl (C=O) groups is 3. The van der Waals surface area contributed by atoms with Crippen molar-refractivity contribution in [1.82, 2.24) is 10.6 Å². The van der Waals surface area contributed by atoms with Crippen LogP contribution in [0.1, 0.15) is 27.7 Å². The zero-order valence-electron chi connectivity index (χ0n) is 15.2. The number of imide groups is 1. The maximum absolute atomic E-state index is 12.0. The first kappa shape index (κ1) is 20.4. The first-order valence-corrected chi connectivity index (χ1v) is 7.89. The molecule has 0 aliphatic heterocycles. The van der Waals surface area contributed by atoms with E-state index in [1.165, 1.54) is 7.11 Å². The number of rotatable bonds is 6. The van der Waals surface area contributed by atoms with E-state index in [1.54, 1.807) is 31.2 Å². The van der Waals surface area contributed by atoms with Crippen LogP contribution in [0.5, 0.6) is 0 Å². The third-order valence-electron chi connectivity index (χ3n) is 2.95. The van der Waals surface area contributed by atoms with Crippen LogP contribution in [0.2, 0.25) is 0 Å². The Morgan fingerprint density at radius 1 is 1.08 bits per heavy atom. The first-order chi connectivity index (χ1) is 11.6. The second-order valence-corrected chi connectivity index (χ2v) is 6.62. The van der Waals surface area contributed by atoms with E-state index >= 15 is 0 Å². The van der Waals surface area contributed by atoms with Gasteiger partial charge < -0.3 is 20.7 Å². The quantitative estimate of drug-likeness (QED) is 0.624. The molecule has 0 saturated carbocycles. The molecule has 8 heteroatoms. The van der Waals surface area contributed by atoms with Crippen LogP contribution < -0.4 is 21.3 Å². The zero-order chi connectivity index (χ0) is 19.0. The van der Waals surface area contributed by atoms with Crippen LogP contribution in [0.4, 0.5) is 16.2 Å². The van der Waals surface area contributed by atoms with Crippen LogP contribution in [-0.2, 0) is 14.3 Å². The maximum Gasteiger partial charge on any atom is 0.321 e. The zero-order valence-corrected chi connectivity index (χ0v) is 15.2. The van der Waals surface area contributed by atoms with Gasteiger partial charge in [-0.25, -0.2) is 4.79 Å². The number of methoxy groups -OCH3 is 1. The summed E-state index contributed by atoms with van der Waals surface area (Å²) in [5.74, 6) is -0.694. The van der Waals surface area contributed by atoms with Gasteiger partial charge in [0.25, 0.3) is 0 Å². The number of hydrogen-bond acceptors (Lipinski definition) is 5. The molecule has 0 saturated heterocycles. The number of benzene rings is 1. The first-order valence-electron chi connectivity index (χ1n) is 7.89. The average molecular weight is 350 g/mol. The van der Waals surface area contributed by atoms with E-state index in [0.717, 1.165) is 0 Å². The number of ether oxygens (including phenoxy) is 1. The number of amides is 4. The van der Waals surface area contributed by atoms with Crippen LogP contribution in [0.25, 0.3) is 0 Å². The van der Waals surface area contributed by atoms with E-state index in [1.807, 2.05) is 20.8 Å². The highest BCUT2D eigenvalue weighted by Crippen LogP contribution is 2.14. The lowest BCUT2D eigenvalue weighted by atomic mass is 10.1. The lowest BCUT2D eigenvalue weighted by Crippen LogP contribution is -2.51. The van der Waals surface area contributed by atoms with Crippen molar-refractivity contribution in [3.8, 4) is 0 Å². The van der Waals surface area contributed by atoms with Crippen molar-refractivity contribution in [1.29, 1.82) is 0 Å². The van der Waals surface area contributed by atoms with Gasteiger partial charge in [0.2, 0.25) is 11.8 Å². The summed E-state index contributed by atoms with van der Waals surface area (Å²) in [4.78, 5) is 35.2. The number of hydrogen-bond donors (Lipinski definition) is 4. The minimum absolute atomic E-state index is 0.0200. The molecule has 138 valence electrons. The van der Waals surface area contributed by atoms with Gasteiger partial charge in [-0.1, -0.05) is 0 Å². The normalized spacial score (nSPS) is 12.0. The number of urea groups is 1. The summed E-state index contributed by atoms with van der Waals surface area (Å²) in [6.45, 7) is 7.10. The Morgan fingerprint density at radius 3 is 2.16 bits per heavy atom.